The molecule has 11 nitrogen and oxygen atoms in total. The third kappa shape index (κ3) is 8.47. The molecule has 2 aromatic rings. The van der Waals surface area contributed by atoms with Gasteiger partial charge in [-0.2, -0.15) is 4.98 Å². The molecule has 13 heteroatoms. The van der Waals surface area contributed by atoms with E-state index in [-0.39, 0.29) is 37.1 Å². The number of anilines is 1. The highest BCUT2D eigenvalue weighted by Gasteiger charge is 2.38. The number of carbonyl (C=O) groups is 1. The van der Waals surface area contributed by atoms with Crippen molar-refractivity contribution in [1.29, 1.82) is 0 Å². The maximum absolute atomic E-state index is 13.5. The summed E-state index contributed by atoms with van der Waals surface area (Å²) in [6, 6.07) is 10.8. The van der Waals surface area contributed by atoms with Crippen LogP contribution in [0.4, 0.5) is 5.82 Å². The second-order valence-corrected chi connectivity index (χ2v) is 12.2. The molecule has 0 saturated carbocycles. The average molecular weight is 555 g/mol. The van der Waals surface area contributed by atoms with E-state index in [9.17, 15) is 19.3 Å². The number of carbonyl (C=O) groups excluding carboxylic acids is 1. The quantitative estimate of drug-likeness (QED) is 0.247. The molecule has 3 rings (SSSR count). The standard InChI is InChI=1S/C24H35N4O7PS/c1-4-24(2,3)22(30)37-13-12-33-36(32,26-15-17-8-6-5-7-9-17)34-16-19-18(29)14-21(35-19)28-11-10-20(25)27-23(28)31/h5-11,18-19,21,29H,4,12-16H2,1-3H3,(H,26,32)(H2,25,27,31)/t18-,19-,21-,36?/m0/s1. The predicted octanol–water partition coefficient (Wildman–Crippen LogP) is 3.10. The van der Waals surface area contributed by atoms with Gasteiger partial charge in [0.15, 0.2) is 5.12 Å². The van der Waals surface area contributed by atoms with Crippen molar-refractivity contribution in [1.82, 2.24) is 14.6 Å². The summed E-state index contributed by atoms with van der Waals surface area (Å²) in [6.45, 7) is 5.70. The van der Waals surface area contributed by atoms with Crippen LogP contribution in [0.1, 0.15) is 45.4 Å². The lowest BCUT2D eigenvalue weighted by atomic mass is 9.92. The van der Waals surface area contributed by atoms with Crippen LogP contribution in [0.15, 0.2) is 47.4 Å². The molecule has 1 fully saturated rings. The van der Waals surface area contributed by atoms with Crippen LogP contribution < -0.4 is 16.5 Å². The summed E-state index contributed by atoms with van der Waals surface area (Å²) in [5.41, 5.74) is 5.35. The Morgan fingerprint density at radius 2 is 2.05 bits per heavy atom. The number of benzene rings is 1. The summed E-state index contributed by atoms with van der Waals surface area (Å²) in [7, 11) is -3.84. The van der Waals surface area contributed by atoms with Crippen LogP contribution in [-0.2, 0) is 29.7 Å². The molecule has 1 aromatic carbocycles. The Morgan fingerprint density at radius 1 is 1.32 bits per heavy atom. The van der Waals surface area contributed by atoms with Crippen molar-refractivity contribution < 1.29 is 28.3 Å². The minimum absolute atomic E-state index is 0.0124. The van der Waals surface area contributed by atoms with Gasteiger partial charge in [0.25, 0.3) is 0 Å². The molecule has 0 aliphatic carbocycles. The molecule has 37 heavy (non-hydrogen) atoms. The zero-order valence-corrected chi connectivity index (χ0v) is 23.0. The van der Waals surface area contributed by atoms with Gasteiger partial charge in [-0.05, 0) is 18.1 Å². The number of hydrogen-bond donors (Lipinski definition) is 3. The SMILES string of the molecule is CCC(C)(C)C(=O)SCCOP(=O)(NCc1ccccc1)OC[C@@H]1O[C@H](n2ccc(N)nc2=O)C[C@@H]1O. The van der Waals surface area contributed by atoms with E-state index in [2.05, 4.69) is 10.1 Å². The van der Waals surface area contributed by atoms with Gasteiger partial charge in [-0.3, -0.25) is 18.4 Å². The van der Waals surface area contributed by atoms with E-state index in [0.717, 1.165) is 17.3 Å². The van der Waals surface area contributed by atoms with Gasteiger partial charge in [-0.15, -0.1) is 0 Å². The maximum Gasteiger partial charge on any atom is 0.405 e. The van der Waals surface area contributed by atoms with Crippen molar-refractivity contribution in [2.24, 2.45) is 5.41 Å². The van der Waals surface area contributed by atoms with E-state index in [4.69, 9.17) is 19.5 Å². The summed E-state index contributed by atoms with van der Waals surface area (Å²) in [5, 5.41) is 13.4. The highest BCUT2D eigenvalue weighted by atomic mass is 32.2. The van der Waals surface area contributed by atoms with E-state index in [1.54, 1.807) is 0 Å². The minimum atomic E-state index is -3.84. The van der Waals surface area contributed by atoms with E-state index < -0.39 is 37.3 Å². The van der Waals surface area contributed by atoms with Crippen molar-refractivity contribution in [2.45, 2.75) is 58.6 Å². The number of aromatic nitrogens is 2. The van der Waals surface area contributed by atoms with Crippen molar-refractivity contribution in [3.63, 3.8) is 0 Å². The Kier molecular flexibility index (Phi) is 10.5. The van der Waals surface area contributed by atoms with Crippen LogP contribution in [0.2, 0.25) is 0 Å². The highest BCUT2D eigenvalue weighted by molar-refractivity contribution is 8.13. The van der Waals surface area contributed by atoms with Crippen LogP contribution in [-0.4, -0.2) is 50.9 Å². The fourth-order valence-corrected chi connectivity index (χ4v) is 5.72. The number of hydrogen-bond acceptors (Lipinski definition) is 10. The lowest BCUT2D eigenvalue weighted by Crippen LogP contribution is -2.29. The molecule has 204 valence electrons. The molecular formula is C24H35N4O7PS. The molecule has 1 aliphatic heterocycles. The van der Waals surface area contributed by atoms with Gasteiger partial charge in [0.2, 0.25) is 0 Å². The molecule has 1 unspecified atom stereocenters. The Hall–Kier alpha value is -2.05. The Bertz CT molecular complexity index is 1150. The number of nitrogens with zero attached hydrogens (tertiary/aromatic N) is 2. The van der Waals surface area contributed by atoms with E-state index >= 15 is 0 Å². The monoisotopic (exact) mass is 554 g/mol. The number of aliphatic hydroxyl groups excluding tert-OH is 1. The first-order chi connectivity index (χ1) is 17.5. The number of nitrogen functional groups attached to an aromatic ring is 1. The summed E-state index contributed by atoms with van der Waals surface area (Å²) in [4.78, 5) is 28.2. The molecule has 0 radical (unpaired) electrons. The fraction of sp³-hybridized carbons (Fsp3) is 0.542. The first-order valence-electron chi connectivity index (χ1n) is 12.1. The smallest absolute Gasteiger partial charge is 0.390 e. The molecule has 1 aromatic heterocycles. The second kappa shape index (κ2) is 13.1. The number of thioether (sulfide) groups is 1. The van der Waals surface area contributed by atoms with Crippen LogP contribution in [0, 0.1) is 5.41 Å². The molecule has 0 amide bonds. The minimum Gasteiger partial charge on any atom is -0.390 e. The molecule has 1 saturated heterocycles. The van der Waals surface area contributed by atoms with E-state index in [1.165, 1.54) is 16.8 Å². The normalized spacial score (nSPS) is 21.6. The zero-order valence-electron chi connectivity index (χ0n) is 21.2. The Labute approximate surface area is 220 Å². The third-order valence-electron chi connectivity index (χ3n) is 6.11. The van der Waals surface area contributed by atoms with Gasteiger partial charge >= 0.3 is 13.4 Å². The van der Waals surface area contributed by atoms with E-state index in [0.29, 0.717) is 12.2 Å². The Morgan fingerprint density at radius 3 is 2.73 bits per heavy atom. The molecule has 4 atom stereocenters. The predicted molar refractivity (Wildman–Crippen MR) is 142 cm³/mol. The number of ether oxygens (including phenoxy) is 1. The van der Waals surface area contributed by atoms with Crippen LogP contribution in [0.3, 0.4) is 0 Å². The second-order valence-electron chi connectivity index (χ2n) is 9.29. The van der Waals surface area contributed by atoms with Gasteiger partial charge in [0.05, 0.1) is 19.3 Å². The number of nitrogens with one attached hydrogen (secondary N) is 1. The van der Waals surface area contributed by atoms with E-state index in [1.807, 2.05) is 51.1 Å². The highest BCUT2D eigenvalue weighted by Crippen LogP contribution is 2.45. The molecule has 0 bridgehead atoms. The van der Waals surface area contributed by atoms with Crippen LogP contribution >= 0.6 is 19.5 Å². The number of aliphatic hydroxyl groups is 1. The largest absolute Gasteiger partial charge is 0.405 e. The van der Waals surface area contributed by atoms with Crippen molar-refractivity contribution in [3.05, 3.63) is 58.6 Å². The maximum atomic E-state index is 13.5. The van der Waals surface area contributed by atoms with Crippen molar-refractivity contribution >= 4 is 30.4 Å². The topological polar surface area (TPSA) is 155 Å². The molecular weight excluding hydrogens is 519 g/mol. The van der Waals surface area contributed by atoms with Crippen LogP contribution in [0.5, 0.6) is 0 Å². The summed E-state index contributed by atoms with van der Waals surface area (Å²) in [6.07, 6.45) is -0.324. The number of nitrogens with two attached hydrogens (primary N) is 1. The Balaban J connectivity index is 1.60. The van der Waals surface area contributed by atoms with Gasteiger partial charge in [0, 0.05) is 30.3 Å². The molecule has 0 spiro atoms. The van der Waals surface area contributed by atoms with Gasteiger partial charge in [-0.1, -0.05) is 62.9 Å². The zero-order chi connectivity index (χ0) is 27.1. The van der Waals surface area contributed by atoms with Gasteiger partial charge in [0.1, 0.15) is 18.1 Å². The third-order valence-corrected chi connectivity index (χ3v) is 8.85. The first kappa shape index (κ1) is 29.5. The lowest BCUT2D eigenvalue weighted by Gasteiger charge is -2.23. The van der Waals surface area contributed by atoms with Gasteiger partial charge < -0.3 is 15.6 Å². The molecule has 4 N–H and O–H groups in total. The van der Waals surface area contributed by atoms with Crippen molar-refractivity contribution in [2.75, 3.05) is 24.7 Å². The fourth-order valence-electron chi connectivity index (χ4n) is 3.40. The van der Waals surface area contributed by atoms with Gasteiger partial charge in [-0.25, -0.2) is 14.4 Å². The molecule has 1 aliphatic rings. The van der Waals surface area contributed by atoms with Crippen molar-refractivity contribution in [3.8, 4) is 0 Å². The lowest BCUT2D eigenvalue weighted by molar-refractivity contribution is -0.118. The average Bonchev–Trinajstić information content (AvgIpc) is 3.24. The van der Waals surface area contributed by atoms with Crippen LogP contribution in [0.25, 0.3) is 0 Å². The summed E-state index contributed by atoms with van der Waals surface area (Å²) in [5.74, 6) is 0.390. The summed E-state index contributed by atoms with van der Waals surface area (Å²) < 4.78 is 31.8. The summed E-state index contributed by atoms with van der Waals surface area (Å²) >= 11 is 1.13. The molecule has 2 heterocycles. The first-order valence-corrected chi connectivity index (χ1v) is 14.6. The number of rotatable bonds is 13.